The standard InChI is InChI=1S/C32H46Cl2N2O4S/c1-32(2,41(4)5)15-20-39-19-9-10-26(24-11-13-27(33)28(34)22-24)31(37)35-25-12-14-29(38-3)30(23-25)40-21-18-36-16-7-6-8-17-36/h11-14,22-23,26H,6-10,15-21H2,1-5H3/p+1. The maximum Gasteiger partial charge on any atom is 0.231 e. The van der Waals surface area contributed by atoms with Crippen molar-refractivity contribution >= 4 is 45.7 Å². The van der Waals surface area contributed by atoms with Crippen LogP contribution in [-0.2, 0) is 20.4 Å². The minimum absolute atomic E-state index is 0.116. The van der Waals surface area contributed by atoms with Gasteiger partial charge < -0.3 is 19.5 Å². The summed E-state index contributed by atoms with van der Waals surface area (Å²) in [5.74, 6) is 0.732. The topological polar surface area (TPSA) is 60.0 Å². The first-order valence-electron chi connectivity index (χ1n) is 14.5. The van der Waals surface area contributed by atoms with Crippen molar-refractivity contribution in [2.24, 2.45) is 0 Å². The summed E-state index contributed by atoms with van der Waals surface area (Å²) in [7, 11) is 1.94. The summed E-state index contributed by atoms with van der Waals surface area (Å²) in [6, 6.07) is 10.9. The molecule has 6 nitrogen and oxygen atoms in total. The van der Waals surface area contributed by atoms with Gasteiger partial charge in [0.1, 0.15) is 11.4 Å². The van der Waals surface area contributed by atoms with Crippen LogP contribution in [0, 0.1) is 0 Å². The zero-order valence-corrected chi connectivity index (χ0v) is 27.6. The third-order valence-corrected chi connectivity index (χ3v) is 11.1. The quantitative estimate of drug-likeness (QED) is 0.155. The third kappa shape index (κ3) is 10.9. The van der Waals surface area contributed by atoms with E-state index in [1.165, 1.54) is 19.3 Å². The van der Waals surface area contributed by atoms with Crippen molar-refractivity contribution in [3.63, 3.8) is 0 Å². The van der Waals surface area contributed by atoms with Crippen LogP contribution in [0.1, 0.15) is 63.9 Å². The van der Waals surface area contributed by atoms with Crippen LogP contribution < -0.4 is 14.8 Å². The summed E-state index contributed by atoms with van der Waals surface area (Å²) in [4.78, 5) is 16.0. The number of likely N-dealkylation sites (tertiary alicyclic amines) is 1. The second-order valence-corrected chi connectivity index (χ2v) is 15.0. The fourth-order valence-corrected chi connectivity index (χ4v) is 5.55. The third-order valence-electron chi connectivity index (χ3n) is 7.94. The average Bonchev–Trinajstić information content (AvgIpc) is 2.95. The van der Waals surface area contributed by atoms with Crippen molar-refractivity contribution in [3.8, 4) is 11.5 Å². The lowest BCUT2D eigenvalue weighted by Crippen LogP contribution is -2.33. The van der Waals surface area contributed by atoms with E-state index in [1.54, 1.807) is 19.2 Å². The van der Waals surface area contributed by atoms with Gasteiger partial charge >= 0.3 is 0 Å². The van der Waals surface area contributed by atoms with E-state index >= 15 is 0 Å². The Balaban J connectivity index is 1.63. The largest absolute Gasteiger partial charge is 0.493 e. The van der Waals surface area contributed by atoms with Crippen LogP contribution in [0.5, 0.6) is 11.5 Å². The number of piperidine rings is 1. The molecule has 0 aromatic heterocycles. The fourth-order valence-electron chi connectivity index (χ4n) is 4.76. The molecule has 1 saturated heterocycles. The molecule has 41 heavy (non-hydrogen) atoms. The highest BCUT2D eigenvalue weighted by Gasteiger charge is 2.30. The molecule has 1 aliphatic rings. The number of carbonyl (C=O) groups excluding carboxylic acids is 1. The lowest BCUT2D eigenvalue weighted by molar-refractivity contribution is -0.117. The molecule has 0 spiro atoms. The number of rotatable bonds is 16. The maximum absolute atomic E-state index is 13.6. The first-order valence-corrected chi connectivity index (χ1v) is 17.3. The Morgan fingerprint density at radius 2 is 1.76 bits per heavy atom. The number of carbonyl (C=O) groups is 1. The van der Waals surface area contributed by atoms with Crippen LogP contribution in [0.4, 0.5) is 5.69 Å². The number of amides is 1. The van der Waals surface area contributed by atoms with Gasteiger partial charge in [0.05, 0.1) is 42.2 Å². The number of nitrogens with one attached hydrogen (secondary N) is 1. The van der Waals surface area contributed by atoms with Gasteiger partial charge in [0.25, 0.3) is 0 Å². The highest BCUT2D eigenvalue weighted by Crippen LogP contribution is 2.33. The van der Waals surface area contributed by atoms with Gasteiger partial charge in [-0.15, -0.1) is 0 Å². The maximum atomic E-state index is 13.6. The normalized spacial score (nSPS) is 15.1. The molecule has 3 rings (SSSR count). The van der Waals surface area contributed by atoms with E-state index in [9.17, 15) is 4.79 Å². The molecule has 0 aliphatic carbocycles. The Morgan fingerprint density at radius 3 is 2.44 bits per heavy atom. The Kier molecular flexibility index (Phi) is 13.9. The SMILES string of the molecule is COc1ccc(NC(=O)C(CCCOCCC(C)(C)[S+](C)C)c2ccc(Cl)c(Cl)c2)cc1OCCN1CCCCC1. The fraction of sp³-hybridized carbons (Fsp3) is 0.594. The summed E-state index contributed by atoms with van der Waals surface area (Å²) in [6.45, 7) is 9.56. The number of methoxy groups -OCH3 is 1. The molecule has 1 heterocycles. The minimum Gasteiger partial charge on any atom is -0.493 e. The van der Waals surface area contributed by atoms with Gasteiger partial charge in [-0.05, 0) is 93.3 Å². The van der Waals surface area contributed by atoms with Crippen molar-refractivity contribution in [1.29, 1.82) is 0 Å². The number of benzene rings is 2. The molecule has 2 aromatic rings. The lowest BCUT2D eigenvalue weighted by atomic mass is 9.93. The minimum atomic E-state index is -0.410. The summed E-state index contributed by atoms with van der Waals surface area (Å²) in [5.41, 5.74) is 1.48. The van der Waals surface area contributed by atoms with Crippen LogP contribution >= 0.6 is 23.2 Å². The van der Waals surface area contributed by atoms with Gasteiger partial charge in [0.15, 0.2) is 11.5 Å². The van der Waals surface area contributed by atoms with E-state index in [4.69, 9.17) is 37.4 Å². The number of hydrogen-bond acceptors (Lipinski definition) is 5. The molecule has 1 fully saturated rings. The zero-order valence-electron chi connectivity index (χ0n) is 25.3. The van der Waals surface area contributed by atoms with E-state index in [0.29, 0.717) is 64.4 Å². The van der Waals surface area contributed by atoms with Gasteiger partial charge in [-0.2, -0.15) is 0 Å². The van der Waals surface area contributed by atoms with Crippen molar-refractivity contribution in [3.05, 3.63) is 52.0 Å². The van der Waals surface area contributed by atoms with Crippen LogP contribution in [0.2, 0.25) is 10.0 Å². The van der Waals surface area contributed by atoms with Crippen LogP contribution in [-0.4, -0.2) is 74.6 Å². The van der Waals surface area contributed by atoms with E-state index in [2.05, 4.69) is 36.6 Å². The Labute approximate surface area is 259 Å². The number of hydrogen-bond donors (Lipinski definition) is 1. The van der Waals surface area contributed by atoms with Crippen LogP contribution in [0.3, 0.4) is 0 Å². The molecule has 1 atom stereocenters. The van der Waals surface area contributed by atoms with Crippen LogP contribution in [0.25, 0.3) is 0 Å². The number of anilines is 1. The Bertz CT molecular complexity index is 1110. The molecule has 228 valence electrons. The predicted octanol–water partition coefficient (Wildman–Crippen LogP) is 7.43. The second kappa shape index (κ2) is 16.9. The molecule has 1 amide bonds. The lowest BCUT2D eigenvalue weighted by Gasteiger charge is -2.26. The van der Waals surface area contributed by atoms with Gasteiger partial charge in [0.2, 0.25) is 5.91 Å². The summed E-state index contributed by atoms with van der Waals surface area (Å²) in [6.07, 6.45) is 10.7. The Morgan fingerprint density at radius 1 is 1.00 bits per heavy atom. The van der Waals surface area contributed by atoms with Gasteiger partial charge in [0, 0.05) is 31.3 Å². The number of ether oxygens (including phenoxy) is 3. The van der Waals surface area contributed by atoms with Crippen LogP contribution in [0.15, 0.2) is 36.4 Å². The second-order valence-electron chi connectivity index (χ2n) is 11.4. The van der Waals surface area contributed by atoms with Gasteiger partial charge in [-0.1, -0.05) is 35.7 Å². The van der Waals surface area contributed by atoms with E-state index < -0.39 is 5.92 Å². The highest BCUT2D eigenvalue weighted by atomic mass is 35.5. The van der Waals surface area contributed by atoms with E-state index in [0.717, 1.165) is 38.0 Å². The molecular formula is C32H47Cl2N2O4S+. The molecule has 9 heteroatoms. The molecule has 1 unspecified atom stereocenters. The van der Waals surface area contributed by atoms with E-state index in [1.807, 2.05) is 24.3 Å². The van der Waals surface area contributed by atoms with Gasteiger partial charge in [-0.3, -0.25) is 9.69 Å². The highest BCUT2D eigenvalue weighted by molar-refractivity contribution is 7.96. The summed E-state index contributed by atoms with van der Waals surface area (Å²) < 4.78 is 17.8. The number of halogens is 2. The number of nitrogens with zero attached hydrogens (tertiary/aromatic N) is 1. The zero-order chi connectivity index (χ0) is 29.8. The monoisotopic (exact) mass is 625 g/mol. The van der Waals surface area contributed by atoms with Crippen molar-refractivity contribution in [2.45, 2.75) is 63.0 Å². The van der Waals surface area contributed by atoms with Crippen molar-refractivity contribution < 1.29 is 19.0 Å². The molecule has 2 aromatic carbocycles. The first kappa shape index (κ1) is 33.9. The van der Waals surface area contributed by atoms with Gasteiger partial charge in [-0.25, -0.2) is 0 Å². The van der Waals surface area contributed by atoms with Crippen molar-refractivity contribution in [2.75, 3.05) is 64.4 Å². The van der Waals surface area contributed by atoms with Crippen molar-refractivity contribution in [1.82, 2.24) is 4.90 Å². The van der Waals surface area contributed by atoms with E-state index in [-0.39, 0.29) is 10.7 Å². The molecule has 0 radical (unpaired) electrons. The molecule has 0 bridgehead atoms. The molecular weight excluding hydrogens is 579 g/mol. The smallest absolute Gasteiger partial charge is 0.231 e. The average molecular weight is 627 g/mol. The molecule has 0 saturated carbocycles. The summed E-state index contributed by atoms with van der Waals surface area (Å²) >= 11 is 12.5. The Hall–Kier alpha value is -1.64. The predicted molar refractivity (Wildman–Crippen MR) is 175 cm³/mol. The summed E-state index contributed by atoms with van der Waals surface area (Å²) in [5, 5.41) is 3.99. The first-order chi connectivity index (χ1) is 19.6. The molecule has 1 aliphatic heterocycles. The molecule has 1 N–H and O–H groups in total.